The number of rotatable bonds is 5. The first-order valence-corrected chi connectivity index (χ1v) is 11.4. The van der Waals surface area contributed by atoms with Crippen LogP contribution >= 0.6 is 0 Å². The van der Waals surface area contributed by atoms with Gasteiger partial charge in [0.05, 0.1) is 23.7 Å². The maximum absolute atomic E-state index is 13.1. The van der Waals surface area contributed by atoms with Gasteiger partial charge in [0.2, 0.25) is 0 Å². The Morgan fingerprint density at radius 3 is 2.32 bits per heavy atom. The van der Waals surface area contributed by atoms with Crippen molar-refractivity contribution in [3.8, 4) is 11.4 Å². The third-order valence-electron chi connectivity index (χ3n) is 6.40. The third kappa shape index (κ3) is 3.98. The molecule has 0 aliphatic carbocycles. The molecule has 10 nitrogen and oxygen atoms in total. The van der Waals surface area contributed by atoms with Gasteiger partial charge in [-0.2, -0.15) is 5.01 Å². The second-order valence-corrected chi connectivity index (χ2v) is 8.73. The minimum Gasteiger partial charge on any atom is -0.497 e. The fraction of sp³-hybridized carbons (Fsp3) is 0.148. The van der Waals surface area contributed by atoms with Gasteiger partial charge in [0, 0.05) is 5.56 Å². The number of aromatic nitrogens is 2. The summed E-state index contributed by atoms with van der Waals surface area (Å²) in [5, 5.41) is 3.78. The molecule has 4 amide bonds. The molecule has 1 saturated heterocycles. The lowest BCUT2D eigenvalue weighted by atomic mass is 9.92. The van der Waals surface area contributed by atoms with Gasteiger partial charge in [0.1, 0.15) is 17.1 Å². The number of methoxy groups -OCH3 is 1. The molecule has 0 spiro atoms. The molecule has 2 heterocycles. The number of aryl methyl sites for hydroxylation is 1. The number of hydrogen-bond acceptors (Lipinski definition) is 6. The first-order valence-electron chi connectivity index (χ1n) is 11.4. The highest BCUT2D eigenvalue weighted by atomic mass is 16.5. The Hall–Kier alpha value is -4.99. The molecule has 4 aromatic rings. The highest BCUT2D eigenvalue weighted by Gasteiger charge is 2.50. The van der Waals surface area contributed by atoms with Crippen molar-refractivity contribution in [1.29, 1.82) is 0 Å². The lowest BCUT2D eigenvalue weighted by Gasteiger charge is -2.22. The topological polar surface area (TPSA) is 123 Å². The molecule has 2 N–H and O–H groups in total. The summed E-state index contributed by atoms with van der Waals surface area (Å²) in [7, 11) is 1.53. The molecule has 0 unspecified atom stereocenters. The average molecular weight is 498 g/mol. The highest BCUT2D eigenvalue weighted by Crippen LogP contribution is 2.29. The van der Waals surface area contributed by atoms with Crippen LogP contribution in [0.25, 0.3) is 16.6 Å². The quantitative estimate of drug-likeness (QED) is 0.409. The van der Waals surface area contributed by atoms with Crippen molar-refractivity contribution >= 4 is 28.7 Å². The Kier molecular flexibility index (Phi) is 5.71. The number of fused-ring (bicyclic) bond motifs is 1. The summed E-state index contributed by atoms with van der Waals surface area (Å²) in [4.78, 5) is 56.1. The average Bonchev–Trinajstić information content (AvgIpc) is 3.12. The number of carbonyl (C=O) groups is 3. The van der Waals surface area contributed by atoms with Crippen LogP contribution < -0.4 is 21.0 Å². The van der Waals surface area contributed by atoms with E-state index in [9.17, 15) is 19.2 Å². The van der Waals surface area contributed by atoms with Crippen LogP contribution in [-0.2, 0) is 10.3 Å². The molecular weight excluding hydrogens is 474 g/mol. The standard InChI is InChI=1S/C27H23N5O5/c1-16-28-22-7-5-4-6-21(22)24(34)31(16)19-12-8-17(9-13-19)23(33)30-32-25(35)27(2,29-26(32)36)18-10-14-20(37-3)15-11-18/h4-15H,1-3H3,(H,29,36)(H,30,33)/t27-/m1/s1. The highest BCUT2D eigenvalue weighted by molar-refractivity contribution is 6.09. The number of carbonyl (C=O) groups excluding carboxylic acids is 3. The molecule has 1 fully saturated rings. The van der Waals surface area contributed by atoms with Crippen LogP contribution in [0.2, 0.25) is 0 Å². The van der Waals surface area contributed by atoms with Crippen LogP contribution in [-0.4, -0.2) is 39.5 Å². The van der Waals surface area contributed by atoms with Gasteiger partial charge in [-0.3, -0.25) is 24.4 Å². The number of hydrazine groups is 1. The van der Waals surface area contributed by atoms with E-state index in [1.54, 1.807) is 68.4 Å². The van der Waals surface area contributed by atoms with E-state index >= 15 is 0 Å². The van der Waals surface area contributed by atoms with E-state index in [1.807, 2.05) is 6.07 Å². The first kappa shape index (κ1) is 23.7. The van der Waals surface area contributed by atoms with E-state index in [2.05, 4.69) is 15.7 Å². The lowest BCUT2D eigenvalue weighted by molar-refractivity contribution is -0.132. The van der Waals surface area contributed by atoms with Gasteiger partial charge in [-0.05, 0) is 67.9 Å². The largest absolute Gasteiger partial charge is 0.497 e. The summed E-state index contributed by atoms with van der Waals surface area (Å²) in [5.74, 6) is -0.181. The zero-order valence-corrected chi connectivity index (χ0v) is 20.3. The fourth-order valence-corrected chi connectivity index (χ4v) is 4.34. The van der Waals surface area contributed by atoms with E-state index in [1.165, 1.54) is 23.8 Å². The number of para-hydroxylation sites is 1. The Morgan fingerprint density at radius 2 is 1.65 bits per heavy atom. The van der Waals surface area contributed by atoms with Crippen LogP contribution in [0.5, 0.6) is 5.75 Å². The zero-order valence-electron chi connectivity index (χ0n) is 20.3. The van der Waals surface area contributed by atoms with Gasteiger partial charge < -0.3 is 10.1 Å². The normalized spacial score (nSPS) is 17.1. The molecule has 1 aromatic heterocycles. The van der Waals surface area contributed by atoms with Crippen molar-refractivity contribution in [3.05, 3.63) is 100 Å². The SMILES string of the molecule is COc1ccc([C@@]2(C)NC(=O)N(NC(=O)c3ccc(-n4c(C)nc5ccccc5c4=O)cc3)C2=O)cc1. The monoisotopic (exact) mass is 497 g/mol. The summed E-state index contributed by atoms with van der Waals surface area (Å²) in [6, 6.07) is 19.3. The van der Waals surface area contributed by atoms with E-state index in [-0.39, 0.29) is 11.1 Å². The third-order valence-corrected chi connectivity index (χ3v) is 6.40. The molecule has 0 radical (unpaired) electrons. The molecule has 0 saturated carbocycles. The van der Waals surface area contributed by atoms with Gasteiger partial charge in [-0.25, -0.2) is 9.78 Å². The van der Waals surface area contributed by atoms with Crippen LogP contribution in [0.4, 0.5) is 4.79 Å². The van der Waals surface area contributed by atoms with Crippen molar-refractivity contribution in [3.63, 3.8) is 0 Å². The summed E-state index contributed by atoms with van der Waals surface area (Å²) < 4.78 is 6.60. The minimum absolute atomic E-state index is 0.196. The first-order chi connectivity index (χ1) is 17.7. The summed E-state index contributed by atoms with van der Waals surface area (Å²) in [6.07, 6.45) is 0. The van der Waals surface area contributed by atoms with Gasteiger partial charge in [-0.1, -0.05) is 24.3 Å². The lowest BCUT2D eigenvalue weighted by Crippen LogP contribution is -2.47. The van der Waals surface area contributed by atoms with Crippen molar-refractivity contribution in [2.24, 2.45) is 0 Å². The summed E-state index contributed by atoms with van der Waals surface area (Å²) in [6.45, 7) is 3.29. The Labute approximate surface area is 211 Å². The van der Waals surface area contributed by atoms with Gasteiger partial charge in [-0.15, -0.1) is 0 Å². The summed E-state index contributed by atoms with van der Waals surface area (Å²) in [5.41, 5.74) is 2.66. The maximum atomic E-state index is 13.1. The molecule has 1 aliphatic heterocycles. The molecule has 1 aliphatic rings. The fourth-order valence-electron chi connectivity index (χ4n) is 4.34. The Bertz CT molecular complexity index is 1610. The van der Waals surface area contributed by atoms with Crippen LogP contribution in [0.15, 0.2) is 77.6 Å². The van der Waals surface area contributed by atoms with E-state index in [0.29, 0.717) is 38.7 Å². The van der Waals surface area contributed by atoms with Crippen molar-refractivity contribution in [2.75, 3.05) is 7.11 Å². The predicted molar refractivity (Wildman–Crippen MR) is 135 cm³/mol. The zero-order chi connectivity index (χ0) is 26.3. The van der Waals surface area contributed by atoms with Gasteiger partial charge >= 0.3 is 6.03 Å². The van der Waals surface area contributed by atoms with Crippen molar-refractivity contribution in [1.82, 2.24) is 25.3 Å². The van der Waals surface area contributed by atoms with Gasteiger partial charge in [0.25, 0.3) is 17.4 Å². The minimum atomic E-state index is -1.36. The van der Waals surface area contributed by atoms with Crippen molar-refractivity contribution in [2.45, 2.75) is 19.4 Å². The molecule has 37 heavy (non-hydrogen) atoms. The smallest absolute Gasteiger partial charge is 0.344 e. The van der Waals surface area contributed by atoms with Crippen LogP contribution in [0.1, 0.15) is 28.7 Å². The van der Waals surface area contributed by atoms with Crippen LogP contribution in [0, 0.1) is 6.92 Å². The molecule has 1 atom stereocenters. The molecule has 0 bridgehead atoms. The molecule has 3 aromatic carbocycles. The van der Waals surface area contributed by atoms with E-state index in [0.717, 1.165) is 0 Å². The number of hydrogen-bond donors (Lipinski definition) is 2. The number of nitrogens with one attached hydrogen (secondary N) is 2. The number of ether oxygens (including phenoxy) is 1. The number of nitrogens with zero attached hydrogens (tertiary/aromatic N) is 3. The van der Waals surface area contributed by atoms with Crippen LogP contribution in [0.3, 0.4) is 0 Å². The second kappa shape index (κ2) is 8.90. The molecule has 10 heteroatoms. The summed E-state index contributed by atoms with van der Waals surface area (Å²) >= 11 is 0. The molecule has 186 valence electrons. The Morgan fingerprint density at radius 1 is 0.973 bits per heavy atom. The number of amides is 4. The Balaban J connectivity index is 1.37. The second-order valence-electron chi connectivity index (χ2n) is 8.73. The van der Waals surface area contributed by atoms with E-state index < -0.39 is 23.4 Å². The van der Waals surface area contributed by atoms with Gasteiger partial charge in [0.15, 0.2) is 0 Å². The number of benzene rings is 3. The number of urea groups is 1. The molecule has 5 rings (SSSR count). The van der Waals surface area contributed by atoms with Crippen molar-refractivity contribution < 1.29 is 19.1 Å². The number of imide groups is 1. The van der Waals surface area contributed by atoms with E-state index in [4.69, 9.17) is 4.74 Å². The molecular formula is C27H23N5O5. The maximum Gasteiger partial charge on any atom is 0.344 e. The predicted octanol–water partition coefficient (Wildman–Crippen LogP) is 2.81.